The first-order valence-corrected chi connectivity index (χ1v) is 11.7. The van der Waals surface area contributed by atoms with E-state index in [1.54, 1.807) is 18.2 Å². The Labute approximate surface area is 208 Å². The van der Waals surface area contributed by atoms with Crippen molar-refractivity contribution in [3.8, 4) is 5.75 Å². The predicted octanol–water partition coefficient (Wildman–Crippen LogP) is 4.36. The van der Waals surface area contributed by atoms with Crippen molar-refractivity contribution in [2.24, 2.45) is 0 Å². The molecule has 0 fully saturated rings. The molecule has 0 unspecified atom stereocenters. The lowest BCUT2D eigenvalue weighted by Gasteiger charge is -2.18. The largest absolute Gasteiger partial charge is 0.482 e. The summed E-state index contributed by atoms with van der Waals surface area (Å²) in [6.07, 6.45) is 0.703. The van der Waals surface area contributed by atoms with Gasteiger partial charge in [-0.3, -0.25) is 4.79 Å². The van der Waals surface area contributed by atoms with Gasteiger partial charge in [0, 0.05) is 30.0 Å². The number of aryl methyl sites for hydroxylation is 1. The van der Waals surface area contributed by atoms with Crippen LogP contribution in [0.3, 0.4) is 0 Å². The molecular formula is C29H27NO6. The van der Waals surface area contributed by atoms with E-state index in [2.05, 4.69) is 29.6 Å². The molecule has 0 radical (unpaired) electrons. The molecule has 1 aromatic heterocycles. The molecule has 1 heterocycles. The fourth-order valence-electron chi connectivity index (χ4n) is 4.03. The van der Waals surface area contributed by atoms with E-state index in [-0.39, 0.29) is 18.4 Å². The van der Waals surface area contributed by atoms with Crippen LogP contribution in [0.15, 0.2) is 94.1 Å². The predicted molar refractivity (Wildman–Crippen MR) is 136 cm³/mol. The molecule has 0 saturated carbocycles. The Morgan fingerprint density at radius 3 is 2.22 bits per heavy atom. The molecule has 0 aliphatic rings. The van der Waals surface area contributed by atoms with E-state index in [0.717, 1.165) is 10.9 Å². The van der Waals surface area contributed by atoms with Gasteiger partial charge in [0.1, 0.15) is 11.3 Å². The number of esters is 1. The van der Waals surface area contributed by atoms with Gasteiger partial charge < -0.3 is 19.2 Å². The van der Waals surface area contributed by atoms with Gasteiger partial charge in [0.15, 0.2) is 13.2 Å². The second kappa shape index (κ2) is 11.8. The van der Waals surface area contributed by atoms with Crippen LogP contribution in [0.4, 0.5) is 0 Å². The van der Waals surface area contributed by atoms with Crippen LogP contribution in [-0.4, -0.2) is 31.6 Å². The summed E-state index contributed by atoms with van der Waals surface area (Å²) in [5.74, 6) is -0.571. The molecule has 1 N–H and O–H groups in total. The lowest BCUT2D eigenvalue weighted by atomic mass is 9.88. The third-order valence-corrected chi connectivity index (χ3v) is 5.80. The number of carbonyl (C=O) groups is 2. The number of amides is 1. The molecule has 7 heteroatoms. The maximum absolute atomic E-state index is 12.2. The van der Waals surface area contributed by atoms with Gasteiger partial charge in [-0.15, -0.1) is 0 Å². The normalized spacial score (nSPS) is 10.8. The molecule has 4 rings (SSSR count). The Hall–Kier alpha value is -4.39. The van der Waals surface area contributed by atoms with Crippen LogP contribution in [-0.2, 0) is 14.3 Å². The maximum Gasteiger partial charge on any atom is 0.344 e. The Bertz CT molecular complexity index is 1340. The molecule has 184 valence electrons. The molecule has 0 spiro atoms. The Kier molecular flexibility index (Phi) is 8.13. The lowest BCUT2D eigenvalue weighted by Crippen LogP contribution is -2.31. The van der Waals surface area contributed by atoms with E-state index >= 15 is 0 Å². The van der Waals surface area contributed by atoms with Gasteiger partial charge in [0.2, 0.25) is 0 Å². The number of ether oxygens (including phenoxy) is 2. The number of hydrogen-bond acceptors (Lipinski definition) is 6. The zero-order valence-electron chi connectivity index (χ0n) is 19.9. The number of fused-ring (bicyclic) bond motifs is 1. The SMILES string of the molecule is Cc1cc(=O)oc2cc(OCC(=O)OCC(=O)NCCC(c3ccccc3)c3ccccc3)ccc12. The topological polar surface area (TPSA) is 94.8 Å². The van der Waals surface area contributed by atoms with E-state index in [9.17, 15) is 14.4 Å². The lowest BCUT2D eigenvalue weighted by molar-refractivity contribution is -0.150. The smallest absolute Gasteiger partial charge is 0.344 e. The van der Waals surface area contributed by atoms with Crippen LogP contribution < -0.4 is 15.7 Å². The Balaban J connectivity index is 1.23. The zero-order valence-corrected chi connectivity index (χ0v) is 19.9. The molecule has 0 aliphatic heterocycles. The number of carbonyl (C=O) groups excluding carboxylic acids is 2. The molecule has 4 aromatic rings. The fourth-order valence-corrected chi connectivity index (χ4v) is 4.03. The van der Waals surface area contributed by atoms with Crippen LogP contribution >= 0.6 is 0 Å². The van der Waals surface area contributed by atoms with Gasteiger partial charge in [-0.2, -0.15) is 0 Å². The number of rotatable bonds is 10. The van der Waals surface area contributed by atoms with Gasteiger partial charge in [0.05, 0.1) is 0 Å². The van der Waals surface area contributed by atoms with Crippen molar-refractivity contribution in [3.63, 3.8) is 0 Å². The average Bonchev–Trinajstić information content (AvgIpc) is 2.89. The van der Waals surface area contributed by atoms with Crippen LogP contribution in [0.5, 0.6) is 5.75 Å². The van der Waals surface area contributed by atoms with Gasteiger partial charge in [-0.05, 0) is 42.2 Å². The highest BCUT2D eigenvalue weighted by atomic mass is 16.6. The third kappa shape index (κ3) is 6.60. The van der Waals surface area contributed by atoms with Crippen molar-refractivity contribution >= 4 is 22.8 Å². The summed E-state index contributed by atoms with van der Waals surface area (Å²) in [5.41, 5.74) is 3.04. The van der Waals surface area contributed by atoms with Crippen molar-refractivity contribution in [2.45, 2.75) is 19.3 Å². The summed E-state index contributed by atoms with van der Waals surface area (Å²) in [7, 11) is 0. The fraction of sp³-hybridized carbons (Fsp3) is 0.207. The molecule has 36 heavy (non-hydrogen) atoms. The van der Waals surface area contributed by atoms with Crippen LogP contribution in [0, 0.1) is 6.92 Å². The zero-order chi connectivity index (χ0) is 25.3. The van der Waals surface area contributed by atoms with Crippen molar-refractivity contribution in [3.05, 3.63) is 112 Å². The Morgan fingerprint density at radius 2 is 1.56 bits per heavy atom. The van der Waals surface area contributed by atoms with Gasteiger partial charge in [-0.1, -0.05) is 60.7 Å². The van der Waals surface area contributed by atoms with E-state index in [1.165, 1.54) is 17.2 Å². The summed E-state index contributed by atoms with van der Waals surface area (Å²) in [5, 5.41) is 3.59. The minimum absolute atomic E-state index is 0.138. The van der Waals surface area contributed by atoms with Gasteiger partial charge >= 0.3 is 11.6 Å². The number of hydrogen-bond donors (Lipinski definition) is 1. The molecule has 0 aliphatic carbocycles. The van der Waals surface area contributed by atoms with Crippen molar-refractivity contribution in [1.29, 1.82) is 0 Å². The minimum Gasteiger partial charge on any atom is -0.482 e. The Morgan fingerprint density at radius 1 is 0.889 bits per heavy atom. The van der Waals surface area contributed by atoms with E-state index < -0.39 is 18.2 Å². The van der Waals surface area contributed by atoms with Gasteiger partial charge in [0.25, 0.3) is 5.91 Å². The minimum atomic E-state index is -0.678. The second-order valence-electron chi connectivity index (χ2n) is 8.37. The molecule has 1 amide bonds. The standard InChI is InChI=1S/C29H27NO6/c1-20-16-28(32)36-26-17-23(12-13-24(20)26)34-19-29(33)35-18-27(31)30-15-14-25(21-8-4-2-5-9-21)22-10-6-3-7-11-22/h2-13,16-17,25H,14-15,18-19H2,1H3,(H,30,31). The highest BCUT2D eigenvalue weighted by Crippen LogP contribution is 2.27. The van der Waals surface area contributed by atoms with Gasteiger partial charge in [-0.25, -0.2) is 9.59 Å². The first-order valence-electron chi connectivity index (χ1n) is 11.7. The average molecular weight is 486 g/mol. The highest BCUT2D eigenvalue weighted by molar-refractivity contribution is 5.82. The summed E-state index contributed by atoms with van der Waals surface area (Å²) in [6, 6.07) is 26.6. The number of nitrogens with one attached hydrogen (secondary N) is 1. The van der Waals surface area contributed by atoms with E-state index in [0.29, 0.717) is 24.3 Å². The quantitative estimate of drug-likeness (QED) is 0.265. The van der Waals surface area contributed by atoms with E-state index in [4.69, 9.17) is 13.9 Å². The molecule has 3 aromatic carbocycles. The monoisotopic (exact) mass is 485 g/mol. The maximum atomic E-state index is 12.2. The van der Waals surface area contributed by atoms with Crippen molar-refractivity contribution in [2.75, 3.05) is 19.8 Å². The summed E-state index contributed by atoms with van der Waals surface area (Å²) in [6.45, 7) is 1.48. The van der Waals surface area contributed by atoms with Crippen LogP contribution in [0.25, 0.3) is 11.0 Å². The highest BCUT2D eigenvalue weighted by Gasteiger charge is 2.15. The third-order valence-electron chi connectivity index (χ3n) is 5.80. The first-order chi connectivity index (χ1) is 17.5. The van der Waals surface area contributed by atoms with Crippen LogP contribution in [0.1, 0.15) is 29.0 Å². The summed E-state index contributed by atoms with van der Waals surface area (Å²) >= 11 is 0. The molecule has 0 atom stereocenters. The van der Waals surface area contributed by atoms with Crippen molar-refractivity contribution in [1.82, 2.24) is 5.32 Å². The van der Waals surface area contributed by atoms with Crippen molar-refractivity contribution < 1.29 is 23.5 Å². The molecule has 7 nitrogen and oxygen atoms in total. The second-order valence-corrected chi connectivity index (χ2v) is 8.37. The summed E-state index contributed by atoms with van der Waals surface area (Å²) < 4.78 is 15.6. The van der Waals surface area contributed by atoms with E-state index in [1.807, 2.05) is 43.3 Å². The number of benzene rings is 3. The molecular weight excluding hydrogens is 458 g/mol. The molecule has 0 bridgehead atoms. The first kappa shape index (κ1) is 24.7. The summed E-state index contributed by atoms with van der Waals surface area (Å²) in [4.78, 5) is 35.8. The molecule has 0 saturated heterocycles. The van der Waals surface area contributed by atoms with Crippen LogP contribution in [0.2, 0.25) is 0 Å².